The molecule has 25 nitrogen and oxygen atoms in total. The fraction of sp³-hybridized carbons (Fsp3) is 0.814. The molecular formula is C43H78N7O18P3S. The van der Waals surface area contributed by atoms with Crippen molar-refractivity contribution < 1.29 is 85.6 Å². The molecule has 1 aliphatic rings. The number of nitrogens with one attached hydrogen (secondary N) is 2. The van der Waals surface area contributed by atoms with E-state index in [9.17, 15) is 63.0 Å². The number of aromatic nitrogens is 4. The summed E-state index contributed by atoms with van der Waals surface area (Å²) < 4.78 is 62.5. The molecule has 3 heterocycles. The number of carbonyl (C=O) groups is 3. The molecule has 0 spiro atoms. The third-order valence-corrected chi connectivity index (χ3v) is 15.8. The highest BCUT2D eigenvalue weighted by atomic mass is 32.2. The highest BCUT2D eigenvalue weighted by Gasteiger charge is 2.50. The van der Waals surface area contributed by atoms with E-state index in [0.717, 1.165) is 48.2 Å². The molecule has 414 valence electrons. The molecule has 0 bridgehead atoms. The Morgan fingerprint density at radius 1 is 0.833 bits per heavy atom. The Morgan fingerprint density at radius 2 is 1.40 bits per heavy atom. The second-order valence-corrected chi connectivity index (χ2v) is 24.0. The predicted octanol–water partition coefficient (Wildman–Crippen LogP) is 5.46. The Labute approximate surface area is 425 Å². The zero-order valence-corrected chi connectivity index (χ0v) is 45.0. The number of aliphatic hydroxyl groups is 3. The standard InChI is InChI=1S/C43H78N7O18P3S/c1-4-5-6-7-8-9-10-11-12-13-14-15-16-17-18-19-20-21-31(51)26-34(53)72-25-24-45-33(52)22-23-46-41(56)38(55)43(2,3)28-65-71(62,63)68-70(60,61)64-27-32-37(67-69(57,58)59)36(54)42(66-32)50-30-49-35-39(44)47-29-48-40(35)50/h29-32,36-38,42,51,54-55H,4-28H2,1-3H3,(H,45,52)(H,46,56)(H,60,61)(H,62,63)(H2,44,47,48)(H2,57,58,59). The first-order valence-electron chi connectivity index (χ1n) is 24.7. The maximum atomic E-state index is 12.8. The Hall–Kier alpha value is -2.48. The van der Waals surface area contributed by atoms with Gasteiger partial charge >= 0.3 is 23.5 Å². The van der Waals surface area contributed by atoms with Crippen LogP contribution in [0.15, 0.2) is 12.7 Å². The Balaban J connectivity index is 1.26. The summed E-state index contributed by atoms with van der Waals surface area (Å²) in [5.41, 5.74) is 4.26. The zero-order chi connectivity index (χ0) is 53.4. The number of fused-ring (bicyclic) bond motifs is 1. The van der Waals surface area contributed by atoms with Gasteiger partial charge in [0.1, 0.15) is 36.3 Å². The largest absolute Gasteiger partial charge is 0.481 e. The molecule has 8 unspecified atom stereocenters. The molecule has 0 aromatic carbocycles. The van der Waals surface area contributed by atoms with Crippen molar-refractivity contribution >= 4 is 69.1 Å². The van der Waals surface area contributed by atoms with E-state index in [-0.39, 0.29) is 53.8 Å². The molecular weight excluding hydrogens is 1030 g/mol. The van der Waals surface area contributed by atoms with Gasteiger partial charge in [0, 0.05) is 37.1 Å². The second-order valence-electron chi connectivity index (χ2n) is 18.6. The summed E-state index contributed by atoms with van der Waals surface area (Å²) in [6, 6.07) is 0. The summed E-state index contributed by atoms with van der Waals surface area (Å²) >= 11 is 1.00. The predicted molar refractivity (Wildman–Crippen MR) is 267 cm³/mol. The van der Waals surface area contributed by atoms with Crippen LogP contribution in [-0.2, 0) is 50.7 Å². The number of hydrogen-bond donors (Lipinski definition) is 10. The SMILES string of the molecule is CCCCCCCCCCCCCCCCCCCC(O)CC(=O)SCCNC(=O)CCNC(=O)C(O)C(C)(C)COP(=O)(O)OP(=O)(O)OCC1OC(n2cnc3c(N)ncnc32)C(O)C1OP(=O)(O)O. The number of rotatable bonds is 39. The summed E-state index contributed by atoms with van der Waals surface area (Å²) in [4.78, 5) is 88.6. The molecule has 1 saturated heterocycles. The van der Waals surface area contributed by atoms with Crippen molar-refractivity contribution in [3.8, 4) is 0 Å². The summed E-state index contributed by atoms with van der Waals surface area (Å²) in [5, 5.41) is 36.7. The Kier molecular flexibility index (Phi) is 28.5. The normalized spacial score (nSPS) is 20.0. The van der Waals surface area contributed by atoms with E-state index >= 15 is 0 Å². The van der Waals surface area contributed by atoms with Crippen molar-refractivity contribution in [2.45, 2.75) is 186 Å². The number of unbranched alkanes of at least 4 members (excludes halogenated alkanes) is 16. The number of anilines is 1. The van der Waals surface area contributed by atoms with Gasteiger partial charge in [-0.1, -0.05) is 142 Å². The van der Waals surface area contributed by atoms with Crippen molar-refractivity contribution in [1.29, 1.82) is 0 Å². The van der Waals surface area contributed by atoms with Crippen molar-refractivity contribution in [2.24, 2.45) is 5.41 Å². The molecule has 0 saturated carbocycles. The second kappa shape index (κ2) is 32.2. The molecule has 29 heteroatoms. The molecule has 1 fully saturated rings. The fourth-order valence-electron chi connectivity index (χ4n) is 7.75. The average Bonchev–Trinajstić information content (AvgIpc) is 3.86. The third kappa shape index (κ3) is 24.5. The molecule has 3 rings (SSSR count). The number of nitrogen functional groups attached to an aromatic ring is 1. The minimum atomic E-state index is -5.59. The highest BCUT2D eigenvalue weighted by Crippen LogP contribution is 2.61. The van der Waals surface area contributed by atoms with Crippen LogP contribution in [0.3, 0.4) is 0 Å². The quantitative estimate of drug-likeness (QED) is 0.0293. The number of ether oxygens (including phenoxy) is 1. The molecule has 1 aliphatic heterocycles. The lowest BCUT2D eigenvalue weighted by atomic mass is 9.87. The van der Waals surface area contributed by atoms with E-state index in [0.29, 0.717) is 6.42 Å². The number of nitrogens with two attached hydrogens (primary N) is 1. The van der Waals surface area contributed by atoms with Gasteiger partial charge in [-0.25, -0.2) is 28.6 Å². The molecule has 0 aliphatic carbocycles. The van der Waals surface area contributed by atoms with Crippen LogP contribution in [0.25, 0.3) is 11.2 Å². The van der Waals surface area contributed by atoms with Gasteiger partial charge in [-0.05, 0) is 6.42 Å². The Bertz CT molecular complexity index is 2100. The van der Waals surface area contributed by atoms with Crippen LogP contribution in [0.5, 0.6) is 0 Å². The number of imidazole rings is 1. The van der Waals surface area contributed by atoms with Gasteiger partial charge in [0.2, 0.25) is 11.8 Å². The van der Waals surface area contributed by atoms with Gasteiger partial charge < -0.3 is 56.0 Å². The lowest BCUT2D eigenvalue weighted by Gasteiger charge is -2.30. The first kappa shape index (κ1) is 63.8. The zero-order valence-electron chi connectivity index (χ0n) is 41.5. The Morgan fingerprint density at radius 3 is 1.99 bits per heavy atom. The smallest absolute Gasteiger partial charge is 0.393 e. The molecule has 11 N–H and O–H groups in total. The number of hydrogen-bond acceptors (Lipinski definition) is 19. The number of thioether (sulfide) groups is 1. The number of nitrogens with zero attached hydrogens (tertiary/aromatic N) is 4. The van der Waals surface area contributed by atoms with Crippen LogP contribution in [0.2, 0.25) is 0 Å². The van der Waals surface area contributed by atoms with Crippen molar-refractivity contribution in [1.82, 2.24) is 30.2 Å². The summed E-state index contributed by atoms with van der Waals surface area (Å²) in [6.45, 7) is 2.66. The summed E-state index contributed by atoms with van der Waals surface area (Å²) in [7, 11) is -16.4. The van der Waals surface area contributed by atoms with Gasteiger partial charge in [0.25, 0.3) is 0 Å². The molecule has 2 amide bonds. The van der Waals surface area contributed by atoms with Crippen LogP contribution in [0.4, 0.5) is 5.82 Å². The van der Waals surface area contributed by atoms with Gasteiger partial charge in [-0.15, -0.1) is 0 Å². The van der Waals surface area contributed by atoms with Crippen molar-refractivity contribution in [2.75, 3.05) is 37.8 Å². The van der Waals surface area contributed by atoms with Crippen LogP contribution in [0, 0.1) is 5.41 Å². The van der Waals surface area contributed by atoms with Gasteiger partial charge in [-0.3, -0.25) is 32.5 Å². The van der Waals surface area contributed by atoms with E-state index in [1.54, 1.807) is 0 Å². The molecule has 2 aromatic rings. The lowest BCUT2D eigenvalue weighted by Crippen LogP contribution is -2.46. The van der Waals surface area contributed by atoms with E-state index < -0.39 is 90.7 Å². The number of phosphoric acid groups is 3. The lowest BCUT2D eigenvalue weighted by molar-refractivity contribution is -0.137. The topological polar surface area (TPSA) is 384 Å². The monoisotopic (exact) mass is 1110 g/mol. The summed E-state index contributed by atoms with van der Waals surface area (Å²) in [6.07, 6.45) is 14.5. The fourth-order valence-corrected chi connectivity index (χ4v) is 11.3. The molecule has 8 atom stereocenters. The average molecular weight is 1110 g/mol. The van der Waals surface area contributed by atoms with Crippen molar-refractivity contribution in [3.63, 3.8) is 0 Å². The summed E-state index contributed by atoms with van der Waals surface area (Å²) in [5.74, 6) is -1.21. The van der Waals surface area contributed by atoms with Crippen molar-refractivity contribution in [3.05, 3.63) is 12.7 Å². The highest BCUT2D eigenvalue weighted by molar-refractivity contribution is 8.13. The third-order valence-electron chi connectivity index (χ3n) is 11.8. The first-order valence-corrected chi connectivity index (χ1v) is 30.2. The number of carbonyl (C=O) groups excluding carboxylic acids is 3. The van der Waals surface area contributed by atoms with Crippen LogP contribution < -0.4 is 16.4 Å². The minimum absolute atomic E-state index is 0.0271. The van der Waals surface area contributed by atoms with Gasteiger partial charge in [0.05, 0.1) is 25.6 Å². The van der Waals surface area contributed by atoms with E-state index in [1.165, 1.54) is 104 Å². The van der Waals surface area contributed by atoms with Gasteiger partial charge in [-0.2, -0.15) is 4.31 Å². The van der Waals surface area contributed by atoms with E-state index in [4.69, 9.17) is 19.5 Å². The van der Waals surface area contributed by atoms with Crippen LogP contribution in [0.1, 0.15) is 155 Å². The van der Waals surface area contributed by atoms with Gasteiger partial charge in [0.15, 0.2) is 22.8 Å². The maximum absolute atomic E-state index is 12.8. The number of aliphatic hydroxyl groups excluding tert-OH is 3. The minimum Gasteiger partial charge on any atom is -0.393 e. The molecule has 72 heavy (non-hydrogen) atoms. The van der Waals surface area contributed by atoms with Crippen LogP contribution >= 0.6 is 35.2 Å². The molecule has 0 radical (unpaired) electrons. The molecule has 2 aromatic heterocycles. The maximum Gasteiger partial charge on any atom is 0.481 e. The number of phosphoric ester groups is 3. The van der Waals surface area contributed by atoms with E-state index in [2.05, 4.69) is 41.3 Å². The first-order chi connectivity index (χ1) is 33.9. The number of amides is 2. The van der Waals surface area contributed by atoms with Crippen LogP contribution in [-0.4, -0.2) is 134 Å². The van der Waals surface area contributed by atoms with E-state index in [1.807, 2.05) is 0 Å².